The number of amides is 1. The van der Waals surface area contributed by atoms with Gasteiger partial charge in [-0.15, -0.1) is 10.2 Å². The Hall–Kier alpha value is -2.29. The van der Waals surface area contributed by atoms with E-state index in [-0.39, 0.29) is 5.56 Å². The molecular weight excluding hydrogens is 270 g/mol. The summed E-state index contributed by atoms with van der Waals surface area (Å²) in [6.07, 6.45) is 1.90. The van der Waals surface area contributed by atoms with Crippen molar-refractivity contribution in [3.63, 3.8) is 0 Å². The summed E-state index contributed by atoms with van der Waals surface area (Å²) >= 11 is 1.23. The molecule has 0 spiro atoms. The summed E-state index contributed by atoms with van der Waals surface area (Å²) in [7, 11) is 1.44. The fourth-order valence-electron chi connectivity index (χ4n) is 1.34. The minimum absolute atomic E-state index is 0.157. The van der Waals surface area contributed by atoms with Crippen LogP contribution in [0.2, 0.25) is 0 Å². The van der Waals surface area contributed by atoms with Gasteiger partial charge in [0, 0.05) is 13.2 Å². The maximum Gasteiger partial charge on any atom is 0.328 e. The number of aromatic amines is 1. The van der Waals surface area contributed by atoms with Crippen molar-refractivity contribution in [3.05, 3.63) is 37.6 Å². The van der Waals surface area contributed by atoms with Gasteiger partial charge in [0.15, 0.2) is 0 Å². The molecule has 1 amide bonds. The van der Waals surface area contributed by atoms with Gasteiger partial charge < -0.3 is 4.57 Å². The molecule has 0 aliphatic heterocycles. The van der Waals surface area contributed by atoms with Gasteiger partial charge in [0.1, 0.15) is 10.6 Å². The van der Waals surface area contributed by atoms with E-state index in [2.05, 4.69) is 15.5 Å². The average Bonchev–Trinajstić information content (AvgIpc) is 2.81. The van der Waals surface area contributed by atoms with E-state index in [0.717, 1.165) is 9.57 Å². The van der Waals surface area contributed by atoms with E-state index in [1.54, 1.807) is 0 Å². The SMILES string of the molecule is CCc1nnc(NC(=O)c2cn(C)c(=O)[nH]c2=O)s1. The normalized spacial score (nSPS) is 10.4. The number of nitrogens with zero attached hydrogens (tertiary/aromatic N) is 3. The average molecular weight is 281 g/mol. The van der Waals surface area contributed by atoms with Crippen LogP contribution in [0.5, 0.6) is 0 Å². The summed E-state index contributed by atoms with van der Waals surface area (Å²) in [5, 5.41) is 11.2. The second-order valence-electron chi connectivity index (χ2n) is 3.72. The Morgan fingerprint density at radius 3 is 2.84 bits per heavy atom. The number of rotatable bonds is 3. The zero-order valence-electron chi connectivity index (χ0n) is 10.3. The number of aryl methyl sites for hydroxylation is 2. The van der Waals surface area contributed by atoms with Gasteiger partial charge in [-0.1, -0.05) is 18.3 Å². The first kappa shape index (κ1) is 13.1. The molecule has 0 radical (unpaired) electrons. The highest BCUT2D eigenvalue weighted by Crippen LogP contribution is 2.15. The zero-order valence-corrected chi connectivity index (χ0v) is 11.1. The molecule has 8 nitrogen and oxygen atoms in total. The monoisotopic (exact) mass is 281 g/mol. The van der Waals surface area contributed by atoms with E-state index in [0.29, 0.717) is 11.6 Å². The summed E-state index contributed by atoms with van der Waals surface area (Å²) in [4.78, 5) is 36.6. The molecule has 9 heteroatoms. The third-order valence-corrected chi connectivity index (χ3v) is 3.33. The van der Waals surface area contributed by atoms with Crippen molar-refractivity contribution in [1.29, 1.82) is 0 Å². The lowest BCUT2D eigenvalue weighted by atomic mass is 10.3. The minimum atomic E-state index is -0.735. The van der Waals surface area contributed by atoms with Gasteiger partial charge in [-0.2, -0.15) is 0 Å². The number of aromatic nitrogens is 4. The predicted molar refractivity (Wildman–Crippen MR) is 69.5 cm³/mol. The summed E-state index contributed by atoms with van der Waals surface area (Å²) in [6.45, 7) is 1.92. The van der Waals surface area contributed by atoms with Crippen molar-refractivity contribution in [2.45, 2.75) is 13.3 Å². The Morgan fingerprint density at radius 2 is 2.21 bits per heavy atom. The zero-order chi connectivity index (χ0) is 14.0. The van der Waals surface area contributed by atoms with Crippen LogP contribution in [0.3, 0.4) is 0 Å². The Labute approximate surface area is 111 Å². The van der Waals surface area contributed by atoms with Crippen molar-refractivity contribution in [2.75, 3.05) is 5.32 Å². The molecule has 0 bridgehead atoms. The quantitative estimate of drug-likeness (QED) is 0.805. The molecular formula is C10H11N5O3S. The largest absolute Gasteiger partial charge is 0.328 e. The number of hydrogen-bond acceptors (Lipinski definition) is 6. The van der Waals surface area contributed by atoms with Crippen molar-refractivity contribution in [2.24, 2.45) is 7.05 Å². The van der Waals surface area contributed by atoms with Crippen LogP contribution < -0.4 is 16.6 Å². The lowest BCUT2D eigenvalue weighted by molar-refractivity contribution is 0.102. The van der Waals surface area contributed by atoms with Crippen LogP contribution in [0, 0.1) is 0 Å². The highest BCUT2D eigenvalue weighted by Gasteiger charge is 2.14. The Morgan fingerprint density at radius 1 is 1.47 bits per heavy atom. The summed E-state index contributed by atoms with van der Waals surface area (Å²) in [5.41, 5.74) is -1.47. The lowest BCUT2D eigenvalue weighted by Gasteiger charge is -2.01. The molecule has 2 aromatic heterocycles. The molecule has 2 heterocycles. The molecule has 0 atom stereocenters. The molecule has 0 aromatic carbocycles. The topological polar surface area (TPSA) is 110 Å². The van der Waals surface area contributed by atoms with Crippen LogP contribution in [-0.2, 0) is 13.5 Å². The van der Waals surface area contributed by atoms with Crippen molar-refractivity contribution in [1.82, 2.24) is 19.7 Å². The van der Waals surface area contributed by atoms with Crippen LogP contribution in [0.25, 0.3) is 0 Å². The molecule has 100 valence electrons. The first-order chi connectivity index (χ1) is 9.01. The van der Waals surface area contributed by atoms with Crippen LogP contribution in [0.4, 0.5) is 5.13 Å². The van der Waals surface area contributed by atoms with E-state index in [1.165, 1.54) is 24.6 Å². The van der Waals surface area contributed by atoms with Crippen molar-refractivity contribution < 1.29 is 4.79 Å². The maximum atomic E-state index is 11.9. The first-order valence-electron chi connectivity index (χ1n) is 5.45. The molecule has 0 aliphatic rings. The fourth-order valence-corrected chi connectivity index (χ4v) is 2.01. The third-order valence-electron chi connectivity index (χ3n) is 2.34. The number of carbonyl (C=O) groups excluding carboxylic acids is 1. The number of H-pyrrole nitrogens is 1. The molecule has 0 saturated heterocycles. The molecule has 2 N–H and O–H groups in total. The number of hydrogen-bond donors (Lipinski definition) is 2. The van der Waals surface area contributed by atoms with E-state index in [4.69, 9.17) is 0 Å². The number of anilines is 1. The Balaban J connectivity index is 2.27. The first-order valence-corrected chi connectivity index (χ1v) is 6.26. The molecule has 0 aliphatic carbocycles. The van der Waals surface area contributed by atoms with Crippen molar-refractivity contribution in [3.8, 4) is 0 Å². The van der Waals surface area contributed by atoms with E-state index < -0.39 is 17.2 Å². The lowest BCUT2D eigenvalue weighted by Crippen LogP contribution is -2.33. The standard InChI is InChI=1S/C10H11N5O3S/c1-3-6-13-14-9(19-6)11-7(16)5-4-15(2)10(18)12-8(5)17/h4H,3H2,1-2H3,(H,11,14,16)(H,12,17,18). The van der Waals surface area contributed by atoms with E-state index in [1.807, 2.05) is 11.9 Å². The van der Waals surface area contributed by atoms with Gasteiger partial charge >= 0.3 is 5.69 Å². The van der Waals surface area contributed by atoms with Gasteiger partial charge in [-0.25, -0.2) is 4.79 Å². The number of nitrogens with one attached hydrogen (secondary N) is 2. The molecule has 0 fully saturated rings. The van der Waals surface area contributed by atoms with Gasteiger partial charge in [-0.3, -0.25) is 19.9 Å². The Bertz CT molecular complexity index is 729. The van der Waals surface area contributed by atoms with Gasteiger partial charge in [0.05, 0.1) is 0 Å². The molecule has 0 unspecified atom stereocenters. The third kappa shape index (κ3) is 2.76. The van der Waals surface area contributed by atoms with E-state index in [9.17, 15) is 14.4 Å². The minimum Gasteiger partial charge on any atom is -0.303 e. The van der Waals surface area contributed by atoms with Gasteiger partial charge in [0.2, 0.25) is 5.13 Å². The van der Waals surface area contributed by atoms with Crippen LogP contribution in [-0.4, -0.2) is 25.7 Å². The van der Waals surface area contributed by atoms with Crippen LogP contribution >= 0.6 is 11.3 Å². The summed E-state index contributed by atoms with van der Waals surface area (Å²) in [6, 6.07) is 0. The predicted octanol–water partition coefficient (Wildman–Crippen LogP) is -0.260. The van der Waals surface area contributed by atoms with Gasteiger partial charge in [0.25, 0.3) is 11.5 Å². The van der Waals surface area contributed by atoms with Crippen molar-refractivity contribution >= 4 is 22.4 Å². The molecule has 2 aromatic rings. The smallest absolute Gasteiger partial charge is 0.303 e. The maximum absolute atomic E-state index is 11.9. The van der Waals surface area contributed by atoms with Crippen LogP contribution in [0.1, 0.15) is 22.3 Å². The van der Waals surface area contributed by atoms with Crippen LogP contribution in [0.15, 0.2) is 15.8 Å². The second kappa shape index (κ2) is 5.14. The Kier molecular flexibility index (Phi) is 3.56. The van der Waals surface area contributed by atoms with Gasteiger partial charge in [-0.05, 0) is 6.42 Å². The number of carbonyl (C=O) groups is 1. The van der Waals surface area contributed by atoms with E-state index >= 15 is 0 Å². The molecule has 0 saturated carbocycles. The highest BCUT2D eigenvalue weighted by molar-refractivity contribution is 7.15. The second-order valence-corrected chi connectivity index (χ2v) is 4.78. The molecule has 19 heavy (non-hydrogen) atoms. The summed E-state index contributed by atoms with van der Waals surface area (Å²) in [5.74, 6) is -0.629. The summed E-state index contributed by atoms with van der Waals surface area (Å²) < 4.78 is 1.12. The highest BCUT2D eigenvalue weighted by atomic mass is 32.1. The molecule has 2 rings (SSSR count). The fraction of sp³-hybridized carbons (Fsp3) is 0.300.